The van der Waals surface area contributed by atoms with Gasteiger partial charge in [-0.25, -0.2) is 0 Å². The maximum atomic E-state index is 12.2. The van der Waals surface area contributed by atoms with E-state index in [1.165, 1.54) is 25.1 Å². The highest BCUT2D eigenvalue weighted by molar-refractivity contribution is 5.95. The zero-order chi connectivity index (χ0) is 18.0. The van der Waals surface area contributed by atoms with E-state index in [0.717, 1.165) is 6.42 Å². The van der Waals surface area contributed by atoms with E-state index < -0.39 is 30.1 Å². The third kappa shape index (κ3) is 4.18. The van der Waals surface area contributed by atoms with Gasteiger partial charge in [0.15, 0.2) is 6.61 Å². The van der Waals surface area contributed by atoms with Crippen molar-refractivity contribution in [2.45, 2.75) is 38.8 Å². The van der Waals surface area contributed by atoms with Gasteiger partial charge in [0, 0.05) is 17.7 Å². The molecule has 24 heavy (non-hydrogen) atoms. The normalized spacial score (nSPS) is 16.2. The Morgan fingerprint density at radius 3 is 2.50 bits per heavy atom. The summed E-state index contributed by atoms with van der Waals surface area (Å²) in [5.41, 5.74) is -0.366. The van der Waals surface area contributed by atoms with Crippen molar-refractivity contribution in [3.05, 3.63) is 23.8 Å². The quantitative estimate of drug-likeness (QED) is 0.827. The summed E-state index contributed by atoms with van der Waals surface area (Å²) in [5, 5.41) is 11.8. The van der Waals surface area contributed by atoms with Gasteiger partial charge in [-0.2, -0.15) is 13.2 Å². The number of ether oxygens (including phenoxy) is 1. The molecule has 0 saturated heterocycles. The lowest BCUT2D eigenvalue weighted by molar-refractivity contribution is -0.157. The van der Waals surface area contributed by atoms with Crippen LogP contribution in [0.15, 0.2) is 18.2 Å². The van der Waals surface area contributed by atoms with Gasteiger partial charge in [0.1, 0.15) is 5.75 Å². The molecule has 2 rings (SSSR count). The predicted molar refractivity (Wildman–Crippen MR) is 79.9 cm³/mol. The number of nitrogens with one attached hydrogen (secondary N) is 1. The molecular formula is C16H18F3NO4. The Hall–Kier alpha value is -2.25. The number of halogens is 3. The number of hydrogen-bond acceptors (Lipinski definition) is 3. The number of carbonyl (C=O) groups excluding carboxylic acids is 1. The number of anilines is 1. The van der Waals surface area contributed by atoms with Crippen molar-refractivity contribution in [2.75, 3.05) is 11.9 Å². The fraction of sp³-hybridized carbons (Fsp3) is 0.500. The van der Waals surface area contributed by atoms with Gasteiger partial charge in [0.25, 0.3) is 0 Å². The minimum atomic E-state index is -4.45. The highest BCUT2D eigenvalue weighted by atomic mass is 19.4. The van der Waals surface area contributed by atoms with Crippen molar-refractivity contribution >= 4 is 17.6 Å². The third-order valence-corrected chi connectivity index (χ3v) is 4.21. The van der Waals surface area contributed by atoms with Gasteiger partial charge in [0.2, 0.25) is 5.91 Å². The molecule has 8 heteroatoms. The largest absolute Gasteiger partial charge is 0.484 e. The Labute approximate surface area is 136 Å². The van der Waals surface area contributed by atoms with Crippen LogP contribution in [0.2, 0.25) is 0 Å². The van der Waals surface area contributed by atoms with Gasteiger partial charge in [-0.15, -0.1) is 0 Å². The van der Waals surface area contributed by atoms with Crippen molar-refractivity contribution in [3.63, 3.8) is 0 Å². The summed E-state index contributed by atoms with van der Waals surface area (Å²) in [7, 11) is 0. The van der Waals surface area contributed by atoms with Crippen molar-refractivity contribution in [3.8, 4) is 5.75 Å². The molecule has 0 aromatic heterocycles. The summed E-state index contributed by atoms with van der Waals surface area (Å²) in [5.74, 6) is -1.46. The predicted octanol–water partition coefficient (Wildman–Crippen LogP) is 3.52. The molecule has 0 heterocycles. The van der Waals surface area contributed by atoms with E-state index in [0.29, 0.717) is 24.1 Å². The van der Waals surface area contributed by atoms with E-state index >= 15 is 0 Å². The van der Waals surface area contributed by atoms with Crippen LogP contribution in [0.1, 0.15) is 31.2 Å². The second-order valence-electron chi connectivity index (χ2n) is 6.00. The number of hydrogen-bond donors (Lipinski definition) is 2. The van der Waals surface area contributed by atoms with E-state index in [9.17, 15) is 27.9 Å². The number of carboxylic acids is 1. The van der Waals surface area contributed by atoms with Gasteiger partial charge < -0.3 is 15.2 Å². The van der Waals surface area contributed by atoms with Crippen LogP contribution >= 0.6 is 0 Å². The summed E-state index contributed by atoms with van der Waals surface area (Å²) in [6.45, 7) is 0.102. The van der Waals surface area contributed by atoms with Crippen molar-refractivity contribution in [1.29, 1.82) is 0 Å². The van der Waals surface area contributed by atoms with Crippen LogP contribution in [0.3, 0.4) is 0 Å². The number of alkyl halides is 3. The molecule has 0 spiro atoms. The summed E-state index contributed by atoms with van der Waals surface area (Å²) in [4.78, 5) is 23.4. The molecule has 1 aliphatic rings. The molecule has 0 unspecified atom stereocenters. The van der Waals surface area contributed by atoms with Crippen LogP contribution < -0.4 is 10.1 Å². The van der Waals surface area contributed by atoms with Crippen molar-refractivity contribution in [1.82, 2.24) is 0 Å². The second-order valence-corrected chi connectivity index (χ2v) is 6.00. The van der Waals surface area contributed by atoms with Crippen LogP contribution in [0, 0.1) is 12.3 Å². The standard InChI is InChI=1S/C16H18F3NO4/c1-10-11(4-2-5-12(10)24-9-16(17,18)19)20-13(21)8-15(14(22)23)6-3-7-15/h2,4-5H,3,6-9H2,1H3,(H,20,21)(H,22,23). The zero-order valence-electron chi connectivity index (χ0n) is 13.1. The monoisotopic (exact) mass is 345 g/mol. The van der Waals surface area contributed by atoms with E-state index in [1.54, 1.807) is 0 Å². The average molecular weight is 345 g/mol. The molecule has 132 valence electrons. The molecule has 1 amide bonds. The minimum absolute atomic E-state index is 0.0155. The first kappa shape index (κ1) is 18.1. The molecular weight excluding hydrogens is 327 g/mol. The zero-order valence-corrected chi connectivity index (χ0v) is 13.1. The van der Waals surface area contributed by atoms with Crippen LogP contribution in [0.5, 0.6) is 5.75 Å². The molecule has 0 bridgehead atoms. The van der Waals surface area contributed by atoms with Crippen LogP contribution in [-0.2, 0) is 9.59 Å². The number of carboxylic acid groups (broad SMARTS) is 1. The molecule has 1 fully saturated rings. The highest BCUT2D eigenvalue weighted by Gasteiger charge is 2.45. The van der Waals surface area contributed by atoms with Gasteiger partial charge in [-0.1, -0.05) is 12.5 Å². The lowest BCUT2D eigenvalue weighted by atomic mass is 9.66. The average Bonchev–Trinajstić information content (AvgIpc) is 2.42. The van der Waals surface area contributed by atoms with Crippen molar-refractivity contribution < 1.29 is 32.6 Å². The molecule has 1 aliphatic carbocycles. The first-order valence-corrected chi connectivity index (χ1v) is 7.45. The van der Waals surface area contributed by atoms with Crippen LogP contribution in [0.4, 0.5) is 18.9 Å². The van der Waals surface area contributed by atoms with Gasteiger partial charge in [-0.05, 0) is 31.9 Å². The molecule has 1 saturated carbocycles. The molecule has 0 atom stereocenters. The Morgan fingerprint density at radius 1 is 1.33 bits per heavy atom. The smallest absolute Gasteiger partial charge is 0.422 e. The maximum Gasteiger partial charge on any atom is 0.422 e. The fourth-order valence-electron chi connectivity index (χ4n) is 2.64. The molecule has 1 aromatic carbocycles. The van der Waals surface area contributed by atoms with Crippen LogP contribution in [0.25, 0.3) is 0 Å². The Morgan fingerprint density at radius 2 is 2.00 bits per heavy atom. The van der Waals surface area contributed by atoms with Gasteiger partial charge in [-0.3, -0.25) is 9.59 Å². The number of amides is 1. The molecule has 5 nitrogen and oxygen atoms in total. The van der Waals surface area contributed by atoms with E-state index in [4.69, 9.17) is 4.74 Å². The Bertz CT molecular complexity index is 639. The number of benzene rings is 1. The molecule has 2 N–H and O–H groups in total. The second kappa shape index (κ2) is 6.70. The first-order valence-electron chi connectivity index (χ1n) is 7.45. The number of carbonyl (C=O) groups is 2. The first-order chi connectivity index (χ1) is 11.1. The number of aliphatic carboxylic acids is 1. The van der Waals surface area contributed by atoms with Gasteiger partial charge >= 0.3 is 12.1 Å². The molecule has 0 radical (unpaired) electrons. The lowest BCUT2D eigenvalue weighted by Gasteiger charge is -2.36. The summed E-state index contributed by atoms with van der Waals surface area (Å²) >= 11 is 0. The topological polar surface area (TPSA) is 75.6 Å². The molecule has 1 aromatic rings. The van der Waals surface area contributed by atoms with Gasteiger partial charge in [0.05, 0.1) is 5.41 Å². The third-order valence-electron chi connectivity index (χ3n) is 4.21. The SMILES string of the molecule is Cc1c(NC(=O)CC2(C(=O)O)CCC2)cccc1OCC(F)(F)F. The number of rotatable bonds is 6. The summed E-state index contributed by atoms with van der Waals surface area (Å²) < 4.78 is 41.4. The van der Waals surface area contributed by atoms with E-state index in [1.807, 2.05) is 0 Å². The van der Waals surface area contributed by atoms with Crippen molar-refractivity contribution in [2.24, 2.45) is 5.41 Å². The minimum Gasteiger partial charge on any atom is -0.484 e. The fourth-order valence-corrected chi connectivity index (χ4v) is 2.64. The summed E-state index contributed by atoms with van der Waals surface area (Å²) in [6, 6.07) is 4.37. The molecule has 0 aliphatic heterocycles. The maximum absolute atomic E-state index is 12.2. The Kier molecular flexibility index (Phi) is 5.05. The Balaban J connectivity index is 2.04. The van der Waals surface area contributed by atoms with E-state index in [2.05, 4.69) is 5.32 Å². The van der Waals surface area contributed by atoms with Crippen LogP contribution in [-0.4, -0.2) is 29.8 Å². The van der Waals surface area contributed by atoms with E-state index in [-0.39, 0.29) is 12.2 Å². The summed E-state index contributed by atoms with van der Waals surface area (Å²) in [6.07, 6.45) is -2.95. The lowest BCUT2D eigenvalue weighted by Crippen LogP contribution is -2.41. The highest BCUT2D eigenvalue weighted by Crippen LogP contribution is 2.44.